The number of carbonyl (C=O) groups excluding carboxylic acids is 2. The first kappa shape index (κ1) is 34.4. The quantitative estimate of drug-likeness (QED) is 0.370. The van der Waals surface area contributed by atoms with Crippen molar-refractivity contribution in [2.75, 3.05) is 54.5 Å². The number of rotatable bonds is 5. The molecule has 10 atom stereocenters. The monoisotopic (exact) mass is 583 g/mol. The van der Waals surface area contributed by atoms with Crippen LogP contribution in [0.2, 0.25) is 0 Å². The molecule has 2 N–H and O–H groups in total. The van der Waals surface area contributed by atoms with Gasteiger partial charge in [-0.3, -0.25) is 14.5 Å². The third-order valence-electron chi connectivity index (χ3n) is 9.80. The van der Waals surface area contributed by atoms with E-state index < -0.39 is 41.4 Å². The van der Waals surface area contributed by atoms with Crippen LogP contribution in [0.4, 0.5) is 0 Å². The van der Waals surface area contributed by atoms with Crippen molar-refractivity contribution in [2.45, 2.75) is 110 Å². The van der Waals surface area contributed by atoms with Gasteiger partial charge in [-0.1, -0.05) is 13.8 Å². The van der Waals surface area contributed by atoms with Crippen LogP contribution >= 0.6 is 0 Å². The molecule has 3 aliphatic rings. The number of carbonyl (C=O) groups is 2. The molecule has 3 saturated heterocycles. The van der Waals surface area contributed by atoms with Crippen LogP contribution in [0.3, 0.4) is 0 Å². The molecule has 238 valence electrons. The molecule has 0 unspecified atom stereocenters. The Balaban J connectivity index is 1.99. The average Bonchev–Trinajstić information content (AvgIpc) is 2.92. The zero-order valence-electron chi connectivity index (χ0n) is 27.1. The Bertz CT molecular complexity index is 880. The van der Waals surface area contributed by atoms with Crippen LogP contribution in [0.1, 0.15) is 67.2 Å². The van der Waals surface area contributed by atoms with E-state index in [1.807, 2.05) is 32.8 Å². The van der Waals surface area contributed by atoms with E-state index in [-0.39, 0.29) is 36.5 Å². The van der Waals surface area contributed by atoms with Crippen LogP contribution in [-0.2, 0) is 28.5 Å². The zero-order valence-corrected chi connectivity index (χ0v) is 27.1. The van der Waals surface area contributed by atoms with Crippen LogP contribution in [0.15, 0.2) is 0 Å². The summed E-state index contributed by atoms with van der Waals surface area (Å²) in [6.45, 7) is 14.0. The lowest BCUT2D eigenvalue weighted by Crippen LogP contribution is -2.59. The molecule has 0 aromatic heterocycles. The first-order chi connectivity index (χ1) is 19.1. The van der Waals surface area contributed by atoms with Crippen molar-refractivity contribution in [2.24, 2.45) is 23.2 Å². The molecule has 0 radical (unpaired) electrons. The van der Waals surface area contributed by atoms with Crippen molar-refractivity contribution in [3.63, 3.8) is 0 Å². The second kappa shape index (κ2) is 14.1. The number of methoxy groups -OCH3 is 1. The minimum absolute atomic E-state index is 0.0365. The Kier molecular flexibility index (Phi) is 11.8. The predicted molar refractivity (Wildman–Crippen MR) is 157 cm³/mol. The molecule has 10 nitrogen and oxygen atoms in total. The van der Waals surface area contributed by atoms with Crippen molar-refractivity contribution in [1.82, 2.24) is 15.1 Å². The average molecular weight is 584 g/mol. The Morgan fingerprint density at radius 1 is 1.15 bits per heavy atom. The topological polar surface area (TPSA) is 110 Å². The lowest BCUT2D eigenvalue weighted by molar-refractivity contribution is -0.295. The van der Waals surface area contributed by atoms with Crippen LogP contribution in [-0.4, -0.2) is 123 Å². The molecule has 0 amide bonds. The molecule has 3 fully saturated rings. The van der Waals surface area contributed by atoms with E-state index in [2.05, 4.69) is 24.2 Å². The summed E-state index contributed by atoms with van der Waals surface area (Å²) in [6.07, 6.45) is 0.624. The highest BCUT2D eigenvalue weighted by Gasteiger charge is 2.51. The van der Waals surface area contributed by atoms with E-state index >= 15 is 0 Å². The largest absolute Gasteiger partial charge is 0.463 e. The number of hydrogen-bond donors (Lipinski definition) is 2. The van der Waals surface area contributed by atoms with Gasteiger partial charge in [-0.25, -0.2) is 0 Å². The fraction of sp³-hybridized carbons (Fsp3) is 0.935. The van der Waals surface area contributed by atoms with Gasteiger partial charge in [-0.15, -0.1) is 0 Å². The number of esters is 1. The zero-order chi connectivity index (χ0) is 30.7. The first-order valence-corrected chi connectivity index (χ1v) is 15.4. The van der Waals surface area contributed by atoms with Crippen LogP contribution in [0.5, 0.6) is 0 Å². The molecule has 0 aromatic carbocycles. The lowest BCUT2D eigenvalue weighted by Gasteiger charge is -2.47. The maximum absolute atomic E-state index is 14.1. The number of aliphatic hydroxyl groups is 1. The summed E-state index contributed by atoms with van der Waals surface area (Å²) in [7, 11) is 7.59. The van der Waals surface area contributed by atoms with Gasteiger partial charge in [0.05, 0.1) is 17.8 Å². The third kappa shape index (κ3) is 7.88. The molecule has 0 spiro atoms. The number of ketones is 1. The summed E-state index contributed by atoms with van der Waals surface area (Å²) >= 11 is 0. The van der Waals surface area contributed by atoms with E-state index in [1.165, 1.54) is 0 Å². The van der Waals surface area contributed by atoms with E-state index in [4.69, 9.17) is 18.9 Å². The summed E-state index contributed by atoms with van der Waals surface area (Å²) in [5, 5.41) is 14.8. The molecule has 0 saturated carbocycles. The Morgan fingerprint density at radius 2 is 1.83 bits per heavy atom. The van der Waals surface area contributed by atoms with Gasteiger partial charge in [0.25, 0.3) is 0 Å². The van der Waals surface area contributed by atoms with E-state index in [9.17, 15) is 14.7 Å². The van der Waals surface area contributed by atoms with Crippen LogP contribution < -0.4 is 5.32 Å². The maximum atomic E-state index is 14.1. The molecule has 10 heteroatoms. The van der Waals surface area contributed by atoms with Crippen molar-refractivity contribution >= 4 is 11.8 Å². The number of likely N-dealkylation sites (N-methyl/N-ethyl adjacent to an activating group) is 2. The summed E-state index contributed by atoms with van der Waals surface area (Å²) in [5.74, 6) is -1.03. The summed E-state index contributed by atoms with van der Waals surface area (Å²) in [4.78, 5) is 31.9. The standard InChI is InChI=1S/C31H57N3O7/c1-19-15-31(6,38-10)27(41-28-25(35)23(33(7)8)14-20(2)40-28)21(3)26(36)30(4,5)29(37)39-18-24(34(9)17-19)22-12-11-13-32-16-22/h19-25,27-28,32,35H,11-18H2,1-10H3/t19-,20-,21+,22-,23+,24-,25-,27-,28+,31-/m1/s1. The highest BCUT2D eigenvalue weighted by atomic mass is 16.7. The number of piperidine rings is 1. The number of nitrogens with zero attached hydrogens (tertiary/aromatic N) is 2. The van der Waals surface area contributed by atoms with Gasteiger partial charge in [-0.2, -0.15) is 0 Å². The van der Waals surface area contributed by atoms with E-state index in [0.717, 1.165) is 32.5 Å². The Morgan fingerprint density at radius 3 is 2.41 bits per heavy atom. The fourth-order valence-electron chi connectivity index (χ4n) is 7.27. The predicted octanol–water partition coefficient (Wildman–Crippen LogP) is 2.32. The van der Waals surface area contributed by atoms with Gasteiger partial charge in [-0.05, 0) is 99.4 Å². The maximum Gasteiger partial charge on any atom is 0.319 e. The van der Waals surface area contributed by atoms with Crippen molar-refractivity contribution in [1.29, 1.82) is 0 Å². The summed E-state index contributed by atoms with van der Waals surface area (Å²) in [5.41, 5.74) is -2.29. The molecule has 0 aromatic rings. The summed E-state index contributed by atoms with van der Waals surface area (Å²) < 4.78 is 24.9. The SMILES string of the molecule is CO[C@]1(C)C[C@@H](C)CN(C)[C@@H]([C@@H]2CCCNC2)COC(=O)C(C)(C)C(=O)[C@H](C)[C@H]1O[C@@H]1O[C@H](C)C[C@H](N(C)C)[C@H]1O. The normalized spacial score (nSPS) is 42.2. The third-order valence-corrected chi connectivity index (χ3v) is 9.80. The van der Waals surface area contributed by atoms with E-state index in [0.29, 0.717) is 18.8 Å². The number of aliphatic hydroxyl groups excluding tert-OH is 1. The van der Waals surface area contributed by atoms with Gasteiger partial charge in [0.1, 0.15) is 18.1 Å². The Labute approximate surface area is 247 Å². The molecule has 0 aliphatic carbocycles. The smallest absolute Gasteiger partial charge is 0.319 e. The molecule has 0 bridgehead atoms. The van der Waals surface area contributed by atoms with Gasteiger partial charge in [0, 0.05) is 31.7 Å². The van der Waals surface area contributed by atoms with Crippen molar-refractivity contribution in [3.05, 3.63) is 0 Å². The molecular formula is C31H57N3O7. The summed E-state index contributed by atoms with van der Waals surface area (Å²) in [6, 6.07) is -0.127. The van der Waals surface area contributed by atoms with Crippen LogP contribution in [0, 0.1) is 23.2 Å². The van der Waals surface area contributed by atoms with Crippen LogP contribution in [0.25, 0.3) is 0 Å². The van der Waals surface area contributed by atoms with Gasteiger partial charge < -0.3 is 34.3 Å². The Hall–Kier alpha value is -1.14. The fourth-order valence-corrected chi connectivity index (χ4v) is 7.27. The van der Waals surface area contributed by atoms with Gasteiger partial charge in [0.2, 0.25) is 0 Å². The number of ether oxygens (including phenoxy) is 4. The minimum atomic E-state index is -1.39. The molecule has 41 heavy (non-hydrogen) atoms. The second-order valence-electron chi connectivity index (χ2n) is 13.9. The van der Waals surface area contributed by atoms with Gasteiger partial charge >= 0.3 is 5.97 Å². The van der Waals surface area contributed by atoms with Crippen molar-refractivity contribution in [3.8, 4) is 0 Å². The number of cyclic esters (lactones) is 1. The molecule has 3 heterocycles. The van der Waals surface area contributed by atoms with Crippen molar-refractivity contribution < 1.29 is 33.6 Å². The molecular weight excluding hydrogens is 526 g/mol. The second-order valence-corrected chi connectivity index (χ2v) is 13.9. The van der Waals surface area contributed by atoms with Gasteiger partial charge in [0.15, 0.2) is 12.1 Å². The molecule has 3 aliphatic heterocycles. The number of nitrogens with one attached hydrogen (secondary N) is 1. The first-order valence-electron chi connectivity index (χ1n) is 15.4. The highest BCUT2D eigenvalue weighted by molar-refractivity contribution is 6.04. The van der Waals surface area contributed by atoms with E-state index in [1.54, 1.807) is 27.9 Å². The number of hydrogen-bond acceptors (Lipinski definition) is 10. The lowest BCUT2D eigenvalue weighted by atomic mass is 9.74. The highest BCUT2D eigenvalue weighted by Crippen LogP contribution is 2.38. The minimum Gasteiger partial charge on any atom is -0.463 e. The molecule has 3 rings (SSSR count). The number of Topliss-reactive ketones (excluding diaryl/α,β-unsaturated/α-hetero) is 1.